The Morgan fingerprint density at radius 2 is 0.935 bits per heavy atom. The minimum atomic E-state index is 0.877. The number of fused-ring (bicyclic) bond motifs is 6. The third-order valence-corrected chi connectivity index (χ3v) is 9.07. The molecule has 0 aliphatic heterocycles. The van der Waals surface area contributed by atoms with Gasteiger partial charge in [0.1, 0.15) is 11.2 Å². The molecule has 2 aromatic heterocycles. The molecule has 5 heteroatoms. The number of aromatic nitrogens is 1. The first-order valence-corrected chi connectivity index (χ1v) is 15.7. The lowest BCUT2D eigenvalue weighted by Crippen LogP contribution is -2.20. The Labute approximate surface area is 268 Å². The summed E-state index contributed by atoms with van der Waals surface area (Å²) in [6, 6.07) is 52.4. The first-order valence-electron chi connectivity index (χ1n) is 15.7. The van der Waals surface area contributed by atoms with Crippen LogP contribution in [0.2, 0.25) is 0 Å². The second kappa shape index (κ2) is 10.4. The Morgan fingerprint density at radius 1 is 0.413 bits per heavy atom. The van der Waals surface area contributed by atoms with Gasteiger partial charge in [-0.1, -0.05) is 72.8 Å². The van der Waals surface area contributed by atoms with Crippen LogP contribution in [-0.4, -0.2) is 20.7 Å². The van der Waals surface area contributed by atoms with Crippen LogP contribution in [0.4, 0.5) is 17.1 Å². The highest BCUT2D eigenvalue weighted by Gasteiger charge is 2.17. The van der Waals surface area contributed by atoms with Crippen molar-refractivity contribution in [1.29, 1.82) is 0 Å². The molecule has 0 aliphatic rings. The topological polar surface area (TPSA) is 29.3 Å². The van der Waals surface area contributed by atoms with Gasteiger partial charge in [-0.25, -0.2) is 0 Å². The van der Waals surface area contributed by atoms with Gasteiger partial charge in [0.25, 0.3) is 0 Å². The van der Waals surface area contributed by atoms with Crippen LogP contribution < -0.4 is 16.1 Å². The maximum absolute atomic E-state index is 6.50. The number of anilines is 3. The highest BCUT2D eigenvalue weighted by Crippen LogP contribution is 2.41. The number of hydrogen-bond acceptors (Lipinski definition) is 3. The fourth-order valence-electron chi connectivity index (χ4n) is 6.91. The predicted octanol–water partition coefficient (Wildman–Crippen LogP) is 8.09. The van der Waals surface area contributed by atoms with Crippen LogP contribution in [0.5, 0.6) is 0 Å². The summed E-state index contributed by atoms with van der Waals surface area (Å²) in [6.07, 6.45) is 0. The number of pyridine rings is 1. The standard InChI is InChI=1S/C41H28B2N2O/c42-40-22-32(23-41(43)44-40)30-9-10-31-19-34(14-12-29(31)17-30)45(33-13-11-25-5-1-2-6-26(25)18-33)35-15-16-36-37-20-27-7-3-4-8-28(27)21-38(37)46-39(36)24-35/h1-24H,42-43H2. The van der Waals surface area contributed by atoms with Crippen molar-refractivity contribution in [1.82, 2.24) is 4.98 Å². The summed E-state index contributed by atoms with van der Waals surface area (Å²) >= 11 is 0. The zero-order chi connectivity index (χ0) is 30.8. The molecule has 0 fully saturated rings. The van der Waals surface area contributed by atoms with Crippen LogP contribution in [0.3, 0.4) is 0 Å². The van der Waals surface area contributed by atoms with E-state index in [4.69, 9.17) is 4.42 Å². The molecule has 0 amide bonds. The average Bonchev–Trinajstić information content (AvgIpc) is 3.43. The number of rotatable bonds is 4. The summed E-state index contributed by atoms with van der Waals surface area (Å²) in [7, 11) is 4.10. The van der Waals surface area contributed by atoms with E-state index in [1.54, 1.807) is 0 Å². The van der Waals surface area contributed by atoms with Gasteiger partial charge in [-0.05, 0) is 121 Å². The monoisotopic (exact) mass is 586 g/mol. The van der Waals surface area contributed by atoms with E-state index in [2.05, 4.69) is 171 Å². The second-order valence-electron chi connectivity index (χ2n) is 12.2. The highest BCUT2D eigenvalue weighted by atomic mass is 16.3. The second-order valence-corrected chi connectivity index (χ2v) is 12.2. The Hall–Kier alpha value is -5.80. The van der Waals surface area contributed by atoms with Gasteiger partial charge in [0.05, 0.1) is 0 Å². The number of benzene rings is 7. The fourth-order valence-corrected chi connectivity index (χ4v) is 6.91. The quantitative estimate of drug-likeness (QED) is 0.195. The third kappa shape index (κ3) is 4.52. The highest BCUT2D eigenvalue weighted by molar-refractivity contribution is 6.35. The van der Waals surface area contributed by atoms with Crippen molar-refractivity contribution < 1.29 is 4.42 Å². The lowest BCUT2D eigenvalue weighted by Gasteiger charge is -2.26. The van der Waals surface area contributed by atoms with Gasteiger partial charge in [0.2, 0.25) is 0 Å². The number of hydrogen-bond donors (Lipinski definition) is 0. The van der Waals surface area contributed by atoms with Gasteiger partial charge in [0, 0.05) is 33.9 Å². The summed E-state index contributed by atoms with van der Waals surface area (Å²) in [5.74, 6) is 0. The van der Waals surface area contributed by atoms with Crippen molar-refractivity contribution in [3.8, 4) is 11.1 Å². The zero-order valence-electron chi connectivity index (χ0n) is 25.7. The number of furan rings is 1. The maximum atomic E-state index is 6.50. The van der Waals surface area contributed by atoms with Gasteiger partial charge in [-0.2, -0.15) is 0 Å². The van der Waals surface area contributed by atoms with E-state index in [0.29, 0.717) is 0 Å². The molecule has 46 heavy (non-hydrogen) atoms. The molecule has 0 bridgehead atoms. The zero-order valence-corrected chi connectivity index (χ0v) is 25.7. The smallest absolute Gasteiger partial charge is 0.163 e. The van der Waals surface area contributed by atoms with Gasteiger partial charge in [-0.3, -0.25) is 4.98 Å². The van der Waals surface area contributed by atoms with Crippen LogP contribution >= 0.6 is 0 Å². The van der Waals surface area contributed by atoms with E-state index >= 15 is 0 Å². The van der Waals surface area contributed by atoms with Gasteiger partial charge in [-0.15, -0.1) is 0 Å². The summed E-state index contributed by atoms with van der Waals surface area (Å²) in [5.41, 5.74) is 9.48. The molecule has 0 N–H and O–H groups in total. The maximum Gasteiger partial charge on any atom is 0.163 e. The normalized spacial score (nSPS) is 11.7. The van der Waals surface area contributed by atoms with Crippen LogP contribution in [0, 0.1) is 0 Å². The van der Waals surface area contributed by atoms with E-state index in [1.807, 2.05) is 0 Å². The Kier molecular flexibility index (Phi) is 6.01. The Bertz CT molecular complexity index is 2620. The van der Waals surface area contributed by atoms with Crippen molar-refractivity contribution in [2.75, 3.05) is 4.90 Å². The predicted molar refractivity (Wildman–Crippen MR) is 201 cm³/mol. The Balaban J connectivity index is 1.20. The summed E-state index contributed by atoms with van der Waals surface area (Å²) in [5, 5.41) is 9.47. The molecule has 0 spiro atoms. The van der Waals surface area contributed by atoms with Crippen LogP contribution in [-0.2, 0) is 0 Å². The average molecular weight is 586 g/mol. The molecule has 0 saturated carbocycles. The van der Waals surface area contributed by atoms with Crippen LogP contribution in [0.15, 0.2) is 150 Å². The molecule has 0 unspecified atom stereocenters. The Morgan fingerprint density at radius 3 is 1.67 bits per heavy atom. The van der Waals surface area contributed by atoms with Crippen molar-refractivity contribution in [3.63, 3.8) is 0 Å². The molecular formula is C41H28B2N2O. The van der Waals surface area contributed by atoms with Gasteiger partial charge >= 0.3 is 0 Å². The van der Waals surface area contributed by atoms with Crippen molar-refractivity contribution >= 4 is 98.2 Å². The van der Waals surface area contributed by atoms with Crippen molar-refractivity contribution in [2.24, 2.45) is 0 Å². The SMILES string of the molecule is Bc1cc(-c2ccc3cc(N(c4ccc5ccccc5c4)c4ccc5c(c4)oc4cc6ccccc6cc45)ccc3c2)cc(B)n1. The van der Waals surface area contributed by atoms with E-state index in [-0.39, 0.29) is 0 Å². The van der Waals surface area contributed by atoms with Crippen LogP contribution in [0.25, 0.3) is 65.4 Å². The van der Waals surface area contributed by atoms with Crippen molar-refractivity contribution in [3.05, 3.63) is 146 Å². The first kappa shape index (κ1) is 26.6. The third-order valence-electron chi connectivity index (χ3n) is 9.07. The molecule has 0 atom stereocenters. The molecule has 9 rings (SSSR count). The lowest BCUT2D eigenvalue weighted by molar-refractivity contribution is 0.669. The fraction of sp³-hybridized carbons (Fsp3) is 0. The molecule has 0 saturated heterocycles. The summed E-state index contributed by atoms with van der Waals surface area (Å²) < 4.78 is 6.50. The van der Waals surface area contributed by atoms with E-state index in [1.165, 1.54) is 43.4 Å². The molecule has 9 aromatic rings. The van der Waals surface area contributed by atoms with Crippen molar-refractivity contribution in [2.45, 2.75) is 0 Å². The molecule has 2 heterocycles. The van der Waals surface area contributed by atoms with E-state index in [0.717, 1.165) is 50.2 Å². The first-order chi connectivity index (χ1) is 22.6. The number of nitrogens with zero attached hydrogens (tertiary/aromatic N) is 2. The minimum Gasteiger partial charge on any atom is -0.456 e. The molecule has 0 radical (unpaired) electrons. The summed E-state index contributed by atoms with van der Waals surface area (Å²) in [6.45, 7) is 0. The lowest BCUT2D eigenvalue weighted by atomic mass is 9.92. The molecule has 214 valence electrons. The van der Waals surface area contributed by atoms with Crippen LogP contribution in [0.1, 0.15) is 0 Å². The van der Waals surface area contributed by atoms with Gasteiger partial charge in [0.15, 0.2) is 15.7 Å². The minimum absolute atomic E-state index is 0.877. The molecule has 0 aliphatic carbocycles. The molecule has 7 aromatic carbocycles. The largest absolute Gasteiger partial charge is 0.456 e. The molecule has 3 nitrogen and oxygen atoms in total. The van der Waals surface area contributed by atoms with E-state index < -0.39 is 0 Å². The van der Waals surface area contributed by atoms with Gasteiger partial charge < -0.3 is 9.32 Å². The summed E-state index contributed by atoms with van der Waals surface area (Å²) in [4.78, 5) is 6.89. The molecular weight excluding hydrogens is 558 g/mol. The van der Waals surface area contributed by atoms with E-state index in [9.17, 15) is 0 Å².